The number of nitrogens with zero attached hydrogens (tertiary/aromatic N) is 3. The molecule has 0 unspecified atom stereocenters. The predicted molar refractivity (Wildman–Crippen MR) is 93.1 cm³/mol. The molecule has 8 nitrogen and oxygen atoms in total. The van der Waals surface area contributed by atoms with Crippen molar-refractivity contribution in [1.82, 2.24) is 25.4 Å². The molecule has 1 fully saturated rings. The number of likely N-dealkylation sites (N-methyl/N-ethyl adjacent to an activating group) is 1. The van der Waals surface area contributed by atoms with Gasteiger partial charge < -0.3 is 15.5 Å². The zero-order valence-corrected chi connectivity index (χ0v) is 14.7. The molecule has 0 aliphatic carbocycles. The van der Waals surface area contributed by atoms with E-state index in [0.29, 0.717) is 11.7 Å². The summed E-state index contributed by atoms with van der Waals surface area (Å²) in [5.74, 6) is -1.25. The van der Waals surface area contributed by atoms with Crippen LogP contribution < -0.4 is 16.0 Å². The minimum atomic E-state index is -0.644. The molecule has 2 aliphatic heterocycles. The first-order valence-corrected chi connectivity index (χ1v) is 9.13. The molecular weight excluding hydrogens is 328 g/mol. The van der Waals surface area contributed by atoms with E-state index >= 15 is 0 Å². The summed E-state index contributed by atoms with van der Waals surface area (Å²) in [6.45, 7) is 6.94. The van der Waals surface area contributed by atoms with Crippen LogP contribution in [0.25, 0.3) is 0 Å². The van der Waals surface area contributed by atoms with Crippen LogP contribution in [0.3, 0.4) is 0 Å². The highest BCUT2D eigenvalue weighted by atomic mass is 32.1. The summed E-state index contributed by atoms with van der Waals surface area (Å²) in [7, 11) is 2.06. The zero-order chi connectivity index (χ0) is 16.9. The van der Waals surface area contributed by atoms with Gasteiger partial charge in [0.2, 0.25) is 0 Å². The van der Waals surface area contributed by atoms with Gasteiger partial charge >= 0.3 is 11.8 Å². The molecule has 0 radical (unpaired) electrons. The lowest BCUT2D eigenvalue weighted by atomic mass is 10.2. The highest BCUT2D eigenvalue weighted by Crippen LogP contribution is 2.27. The molecule has 3 heterocycles. The van der Waals surface area contributed by atoms with Gasteiger partial charge in [-0.2, -0.15) is 0 Å². The zero-order valence-electron chi connectivity index (χ0n) is 13.9. The number of amides is 2. The Kier molecular flexibility index (Phi) is 5.77. The van der Waals surface area contributed by atoms with Gasteiger partial charge in [-0.25, -0.2) is 4.98 Å². The van der Waals surface area contributed by atoms with Crippen molar-refractivity contribution in [1.29, 1.82) is 0 Å². The van der Waals surface area contributed by atoms with Crippen molar-refractivity contribution in [3.8, 4) is 0 Å². The molecule has 1 aromatic rings. The Hall–Kier alpha value is -1.55. The van der Waals surface area contributed by atoms with Crippen LogP contribution in [0.4, 0.5) is 5.13 Å². The number of carbonyl (C=O) groups excluding carboxylic acids is 2. The summed E-state index contributed by atoms with van der Waals surface area (Å²) in [6, 6.07) is 0. The van der Waals surface area contributed by atoms with Gasteiger partial charge in [0.25, 0.3) is 0 Å². The predicted octanol–water partition coefficient (Wildman–Crippen LogP) is -0.909. The molecule has 132 valence electrons. The number of carbonyl (C=O) groups is 2. The monoisotopic (exact) mass is 352 g/mol. The van der Waals surface area contributed by atoms with Crippen molar-refractivity contribution >= 4 is 28.3 Å². The van der Waals surface area contributed by atoms with Crippen LogP contribution in [0.5, 0.6) is 0 Å². The molecule has 2 aliphatic rings. The van der Waals surface area contributed by atoms with Crippen molar-refractivity contribution in [2.24, 2.45) is 0 Å². The average molecular weight is 352 g/mol. The Morgan fingerprint density at radius 2 is 2.04 bits per heavy atom. The summed E-state index contributed by atoms with van der Waals surface area (Å²) in [5.41, 5.74) is 1.03. The van der Waals surface area contributed by atoms with Crippen LogP contribution in [-0.4, -0.2) is 79.5 Å². The van der Waals surface area contributed by atoms with Crippen molar-refractivity contribution < 1.29 is 9.59 Å². The first-order chi connectivity index (χ1) is 11.6. The lowest BCUT2D eigenvalue weighted by Crippen LogP contribution is -2.47. The van der Waals surface area contributed by atoms with E-state index in [0.717, 1.165) is 62.8 Å². The fourth-order valence-corrected chi connectivity index (χ4v) is 3.96. The Bertz CT molecular complexity index is 599. The van der Waals surface area contributed by atoms with Crippen molar-refractivity contribution in [2.45, 2.75) is 13.0 Å². The van der Waals surface area contributed by atoms with E-state index in [1.54, 1.807) is 0 Å². The van der Waals surface area contributed by atoms with Gasteiger partial charge in [0.1, 0.15) is 0 Å². The van der Waals surface area contributed by atoms with E-state index in [9.17, 15) is 9.59 Å². The number of thiazole rings is 1. The van der Waals surface area contributed by atoms with E-state index in [-0.39, 0.29) is 0 Å². The smallest absolute Gasteiger partial charge is 0.315 e. The first kappa shape index (κ1) is 17.3. The van der Waals surface area contributed by atoms with Gasteiger partial charge in [0.15, 0.2) is 5.13 Å². The van der Waals surface area contributed by atoms with Crippen LogP contribution in [0.1, 0.15) is 10.6 Å². The average Bonchev–Trinajstić information content (AvgIpc) is 2.97. The molecule has 0 atom stereocenters. The quantitative estimate of drug-likeness (QED) is 0.608. The molecule has 24 heavy (non-hydrogen) atoms. The molecule has 9 heteroatoms. The Balaban J connectivity index is 1.43. The molecule has 1 aromatic heterocycles. The molecule has 0 bridgehead atoms. The number of hydrogen-bond donors (Lipinski definition) is 3. The largest absolute Gasteiger partial charge is 0.347 e. The van der Waals surface area contributed by atoms with E-state index in [1.165, 1.54) is 11.3 Å². The molecule has 3 rings (SSSR count). The maximum atomic E-state index is 12.0. The van der Waals surface area contributed by atoms with E-state index in [2.05, 4.69) is 37.8 Å². The van der Waals surface area contributed by atoms with Crippen LogP contribution in [0, 0.1) is 0 Å². The number of nitrogens with one attached hydrogen (secondary N) is 3. The second-order valence-corrected chi connectivity index (χ2v) is 7.26. The van der Waals surface area contributed by atoms with Crippen molar-refractivity contribution in [3.63, 3.8) is 0 Å². The number of piperazine rings is 1. The van der Waals surface area contributed by atoms with E-state index < -0.39 is 11.8 Å². The number of aromatic nitrogens is 1. The molecule has 0 spiro atoms. The van der Waals surface area contributed by atoms with Gasteiger partial charge in [0.05, 0.1) is 5.69 Å². The van der Waals surface area contributed by atoms with E-state index in [1.807, 2.05) is 0 Å². The second-order valence-electron chi connectivity index (χ2n) is 6.18. The molecule has 0 aromatic carbocycles. The van der Waals surface area contributed by atoms with Crippen molar-refractivity contribution in [3.05, 3.63) is 10.6 Å². The number of hydrogen-bond acceptors (Lipinski definition) is 7. The van der Waals surface area contributed by atoms with E-state index in [4.69, 9.17) is 0 Å². The fourth-order valence-electron chi connectivity index (χ4n) is 2.87. The van der Waals surface area contributed by atoms with Crippen LogP contribution in [-0.2, 0) is 22.6 Å². The summed E-state index contributed by atoms with van der Waals surface area (Å²) in [4.78, 5) is 34.0. The molecule has 1 saturated heterocycles. The standard InChI is InChI=1S/C15H24N6O2S/c1-20-6-2-11-12(10-20)24-15(18-11)19-14(23)13(22)17-5-9-21-7-3-16-4-8-21/h16H,2-10H2,1H3,(H,17,22)(H,18,19,23). The summed E-state index contributed by atoms with van der Waals surface area (Å²) in [5, 5.41) is 9.08. The topological polar surface area (TPSA) is 89.6 Å². The second kappa shape index (κ2) is 8.02. The van der Waals surface area contributed by atoms with Gasteiger partial charge in [-0.3, -0.25) is 19.8 Å². The van der Waals surface area contributed by atoms with Gasteiger partial charge in [-0.1, -0.05) is 0 Å². The SMILES string of the molecule is CN1CCc2nc(NC(=O)C(=O)NCCN3CCNCC3)sc2C1. The maximum absolute atomic E-state index is 12.0. The van der Waals surface area contributed by atoms with Gasteiger partial charge in [0, 0.05) is 63.7 Å². The molecule has 2 amide bonds. The van der Waals surface area contributed by atoms with Crippen LogP contribution in [0.15, 0.2) is 0 Å². The molecular formula is C15H24N6O2S. The highest BCUT2D eigenvalue weighted by Gasteiger charge is 2.21. The highest BCUT2D eigenvalue weighted by molar-refractivity contribution is 7.16. The third-order valence-electron chi connectivity index (χ3n) is 4.27. The molecule has 0 saturated carbocycles. The normalized spacial score (nSPS) is 18.9. The number of fused-ring (bicyclic) bond motifs is 1. The summed E-state index contributed by atoms with van der Waals surface area (Å²) >= 11 is 1.45. The van der Waals surface area contributed by atoms with Crippen LogP contribution in [0.2, 0.25) is 0 Å². The Morgan fingerprint density at radius 1 is 1.25 bits per heavy atom. The van der Waals surface area contributed by atoms with Gasteiger partial charge in [-0.15, -0.1) is 11.3 Å². The van der Waals surface area contributed by atoms with Crippen molar-refractivity contribution in [2.75, 3.05) is 58.2 Å². The lowest BCUT2D eigenvalue weighted by molar-refractivity contribution is -0.136. The summed E-state index contributed by atoms with van der Waals surface area (Å²) < 4.78 is 0. The number of anilines is 1. The maximum Gasteiger partial charge on any atom is 0.315 e. The first-order valence-electron chi connectivity index (χ1n) is 8.31. The van der Waals surface area contributed by atoms with Crippen LogP contribution >= 0.6 is 11.3 Å². The van der Waals surface area contributed by atoms with Gasteiger partial charge in [-0.05, 0) is 7.05 Å². The minimum Gasteiger partial charge on any atom is -0.347 e. The Labute approximate surface area is 145 Å². The third-order valence-corrected chi connectivity index (χ3v) is 5.27. The Morgan fingerprint density at radius 3 is 2.83 bits per heavy atom. The third kappa shape index (κ3) is 4.50. The summed E-state index contributed by atoms with van der Waals surface area (Å²) in [6.07, 6.45) is 0.884. The number of rotatable bonds is 4. The lowest BCUT2D eigenvalue weighted by Gasteiger charge is -2.26. The fraction of sp³-hybridized carbons (Fsp3) is 0.667. The minimum absolute atomic E-state index is 0.478. The molecule has 3 N–H and O–H groups in total.